The first-order chi connectivity index (χ1) is 8.83. The molecule has 94 valence electrons. The highest BCUT2D eigenvalue weighted by Crippen LogP contribution is 2.30. The zero-order chi connectivity index (χ0) is 12.4. The first kappa shape index (κ1) is 11.1. The molecule has 1 aliphatic rings. The number of nitrogens with zero attached hydrogens (tertiary/aromatic N) is 2. The van der Waals surface area contributed by atoms with E-state index in [1.54, 1.807) is 11.0 Å². The summed E-state index contributed by atoms with van der Waals surface area (Å²) in [5.41, 5.74) is 4.22. The number of rotatable bonds is 3. The van der Waals surface area contributed by atoms with Gasteiger partial charge in [0.25, 0.3) is 0 Å². The molecule has 1 aliphatic heterocycles. The van der Waals surface area contributed by atoms with Gasteiger partial charge >= 0.3 is 0 Å². The molecule has 2 heterocycles. The number of fused-ring (bicyclic) bond motifs is 1. The van der Waals surface area contributed by atoms with Crippen molar-refractivity contribution in [3.05, 3.63) is 34.9 Å². The van der Waals surface area contributed by atoms with Crippen molar-refractivity contribution in [1.29, 1.82) is 0 Å². The minimum atomic E-state index is 0.535. The molecule has 3 rings (SSSR count). The number of nitrogens with one attached hydrogen (secondary N) is 2. The lowest BCUT2D eigenvalue weighted by Crippen LogP contribution is -2.16. The largest absolute Gasteiger partial charge is 0.486 e. The molecule has 0 amide bonds. The third-order valence-corrected chi connectivity index (χ3v) is 2.90. The molecule has 1 aromatic heterocycles. The maximum absolute atomic E-state index is 5.53. The molecule has 0 saturated heterocycles. The van der Waals surface area contributed by atoms with Gasteiger partial charge in [-0.15, -0.1) is 0 Å². The van der Waals surface area contributed by atoms with Crippen molar-refractivity contribution in [2.45, 2.75) is 6.54 Å². The van der Waals surface area contributed by atoms with E-state index in [-0.39, 0.29) is 0 Å². The Hall–Kier alpha value is -2.02. The van der Waals surface area contributed by atoms with Gasteiger partial charge in [0, 0.05) is 0 Å². The highest BCUT2D eigenvalue weighted by molar-refractivity contribution is 7.71. The molecule has 0 spiro atoms. The van der Waals surface area contributed by atoms with E-state index < -0.39 is 0 Å². The average molecular weight is 264 g/mol. The number of aromatic amines is 1. The van der Waals surface area contributed by atoms with Gasteiger partial charge in [-0.1, -0.05) is 6.07 Å². The second kappa shape index (κ2) is 4.69. The second-order valence-electron chi connectivity index (χ2n) is 3.84. The average Bonchev–Trinajstić information content (AvgIpc) is 2.82. The Morgan fingerprint density at radius 1 is 1.33 bits per heavy atom. The summed E-state index contributed by atoms with van der Waals surface area (Å²) in [7, 11) is 0. The van der Waals surface area contributed by atoms with Crippen LogP contribution in [0.1, 0.15) is 5.56 Å². The zero-order valence-corrected chi connectivity index (χ0v) is 10.4. The SMILES string of the molecule is S=c1[nH]ncn1NCc1ccc2c(c1)OCCO2. The lowest BCUT2D eigenvalue weighted by atomic mass is 10.2. The fourth-order valence-corrected chi connectivity index (χ4v) is 1.90. The minimum Gasteiger partial charge on any atom is -0.486 e. The fourth-order valence-electron chi connectivity index (χ4n) is 1.73. The van der Waals surface area contributed by atoms with E-state index >= 15 is 0 Å². The number of aromatic nitrogens is 3. The van der Waals surface area contributed by atoms with Crippen LogP contribution >= 0.6 is 12.2 Å². The van der Waals surface area contributed by atoms with E-state index in [2.05, 4.69) is 15.6 Å². The van der Waals surface area contributed by atoms with Crippen molar-refractivity contribution in [3.63, 3.8) is 0 Å². The van der Waals surface area contributed by atoms with E-state index in [4.69, 9.17) is 21.7 Å². The van der Waals surface area contributed by atoms with Crippen LogP contribution < -0.4 is 14.9 Å². The van der Waals surface area contributed by atoms with Gasteiger partial charge in [-0.3, -0.25) is 5.10 Å². The summed E-state index contributed by atoms with van der Waals surface area (Å²) < 4.78 is 13.2. The van der Waals surface area contributed by atoms with Crippen LogP contribution in [0.25, 0.3) is 0 Å². The van der Waals surface area contributed by atoms with Crippen LogP contribution in [0.4, 0.5) is 0 Å². The molecule has 0 radical (unpaired) electrons. The Morgan fingerprint density at radius 3 is 2.94 bits per heavy atom. The first-order valence-corrected chi connectivity index (χ1v) is 5.98. The molecular formula is C11H12N4O2S. The lowest BCUT2D eigenvalue weighted by molar-refractivity contribution is 0.171. The summed E-state index contributed by atoms with van der Waals surface area (Å²) in [6, 6.07) is 5.87. The fraction of sp³-hybridized carbons (Fsp3) is 0.273. The van der Waals surface area contributed by atoms with E-state index in [0.717, 1.165) is 17.1 Å². The summed E-state index contributed by atoms with van der Waals surface area (Å²) in [4.78, 5) is 0. The minimum absolute atomic E-state index is 0.535. The molecule has 0 aliphatic carbocycles. The monoisotopic (exact) mass is 264 g/mol. The molecule has 18 heavy (non-hydrogen) atoms. The summed E-state index contributed by atoms with van der Waals surface area (Å²) in [6.07, 6.45) is 1.60. The predicted octanol–water partition coefficient (Wildman–Crippen LogP) is 1.46. The Labute approximate surface area is 109 Å². The van der Waals surface area contributed by atoms with Crippen molar-refractivity contribution in [2.75, 3.05) is 18.6 Å². The van der Waals surface area contributed by atoms with Crippen molar-refractivity contribution in [2.24, 2.45) is 0 Å². The lowest BCUT2D eigenvalue weighted by Gasteiger charge is -2.19. The molecule has 2 aromatic rings. The highest BCUT2D eigenvalue weighted by atomic mass is 32.1. The molecule has 0 fully saturated rings. The van der Waals surface area contributed by atoms with Crippen LogP contribution in [0.2, 0.25) is 0 Å². The number of hydrogen-bond donors (Lipinski definition) is 2. The maximum Gasteiger partial charge on any atom is 0.214 e. The molecule has 6 nitrogen and oxygen atoms in total. The number of ether oxygens (including phenoxy) is 2. The van der Waals surface area contributed by atoms with Gasteiger partial charge in [0.15, 0.2) is 11.5 Å². The van der Waals surface area contributed by atoms with Gasteiger partial charge in [-0.05, 0) is 29.9 Å². The molecule has 0 unspecified atom stereocenters. The number of hydrogen-bond acceptors (Lipinski definition) is 5. The summed E-state index contributed by atoms with van der Waals surface area (Å²) in [6.45, 7) is 1.83. The third-order valence-electron chi connectivity index (χ3n) is 2.61. The van der Waals surface area contributed by atoms with Crippen LogP contribution in [0.3, 0.4) is 0 Å². The topological polar surface area (TPSA) is 64.1 Å². The molecule has 2 N–H and O–H groups in total. The number of H-pyrrole nitrogens is 1. The molecular weight excluding hydrogens is 252 g/mol. The smallest absolute Gasteiger partial charge is 0.214 e. The Kier molecular flexibility index (Phi) is 2.89. The van der Waals surface area contributed by atoms with Crippen molar-refractivity contribution in [1.82, 2.24) is 14.9 Å². The van der Waals surface area contributed by atoms with E-state index in [9.17, 15) is 0 Å². The van der Waals surface area contributed by atoms with Crippen LogP contribution in [-0.2, 0) is 6.54 Å². The Bertz CT molecular complexity index is 607. The number of benzene rings is 1. The maximum atomic E-state index is 5.53. The normalized spacial score (nSPS) is 13.3. The van der Waals surface area contributed by atoms with E-state index in [0.29, 0.717) is 24.5 Å². The van der Waals surface area contributed by atoms with Gasteiger partial charge in [0.05, 0.1) is 6.54 Å². The highest BCUT2D eigenvalue weighted by Gasteiger charge is 2.11. The predicted molar refractivity (Wildman–Crippen MR) is 67.9 cm³/mol. The van der Waals surface area contributed by atoms with Crippen LogP contribution in [0.15, 0.2) is 24.5 Å². The van der Waals surface area contributed by atoms with E-state index in [1.807, 2.05) is 18.2 Å². The van der Waals surface area contributed by atoms with Crippen LogP contribution in [0, 0.1) is 4.77 Å². The van der Waals surface area contributed by atoms with Gasteiger partial charge in [0.1, 0.15) is 19.5 Å². The molecule has 0 saturated carbocycles. The molecule has 1 aromatic carbocycles. The Balaban J connectivity index is 1.73. The summed E-state index contributed by atoms with van der Waals surface area (Å²) >= 11 is 5.04. The quantitative estimate of drug-likeness (QED) is 0.822. The zero-order valence-electron chi connectivity index (χ0n) is 9.55. The van der Waals surface area contributed by atoms with Gasteiger partial charge in [-0.25, -0.2) is 4.68 Å². The standard InChI is InChI=1S/C11H12N4O2S/c18-11-14-12-7-15(11)13-6-8-1-2-9-10(5-8)17-4-3-16-9/h1-2,5,7,13H,3-4,6H2,(H,14,18). The molecule has 0 bridgehead atoms. The third kappa shape index (κ3) is 2.17. The van der Waals surface area contributed by atoms with E-state index in [1.165, 1.54) is 0 Å². The van der Waals surface area contributed by atoms with Gasteiger partial charge < -0.3 is 14.9 Å². The van der Waals surface area contributed by atoms with Crippen molar-refractivity contribution < 1.29 is 9.47 Å². The van der Waals surface area contributed by atoms with Gasteiger partial charge in [0.2, 0.25) is 4.77 Å². The first-order valence-electron chi connectivity index (χ1n) is 5.57. The Morgan fingerprint density at radius 2 is 2.17 bits per heavy atom. The summed E-state index contributed by atoms with van der Waals surface area (Å²) in [5, 5.41) is 6.51. The van der Waals surface area contributed by atoms with Gasteiger partial charge in [-0.2, -0.15) is 5.10 Å². The summed E-state index contributed by atoms with van der Waals surface area (Å²) in [5.74, 6) is 1.58. The second-order valence-corrected chi connectivity index (χ2v) is 4.23. The van der Waals surface area contributed by atoms with Crippen molar-refractivity contribution in [3.8, 4) is 11.5 Å². The molecule has 7 heteroatoms. The molecule has 0 atom stereocenters. The van der Waals surface area contributed by atoms with Crippen LogP contribution in [-0.4, -0.2) is 28.1 Å². The van der Waals surface area contributed by atoms with Crippen molar-refractivity contribution >= 4 is 12.2 Å². The van der Waals surface area contributed by atoms with Crippen LogP contribution in [0.5, 0.6) is 11.5 Å².